The number of halogens is 2. The number of hydrogen-bond donors (Lipinski definition) is 1. The SMILES string of the molecule is O=C(O)C1CCN(c2cccc(F)c2F)C1C1CCCC1. The minimum atomic E-state index is -0.878. The number of hydrogen-bond acceptors (Lipinski definition) is 2. The van der Waals surface area contributed by atoms with Crippen LogP contribution in [0.2, 0.25) is 0 Å². The molecule has 2 fully saturated rings. The Morgan fingerprint density at radius 3 is 2.57 bits per heavy atom. The highest BCUT2D eigenvalue weighted by Gasteiger charge is 2.44. The molecule has 0 aromatic heterocycles. The Bertz CT molecular complexity index is 543. The molecule has 1 aliphatic heterocycles. The Morgan fingerprint density at radius 1 is 1.19 bits per heavy atom. The predicted octanol–water partition coefficient (Wildman–Crippen LogP) is 3.43. The van der Waals surface area contributed by atoms with Crippen molar-refractivity contribution in [1.29, 1.82) is 0 Å². The van der Waals surface area contributed by atoms with Crippen molar-refractivity contribution in [3.63, 3.8) is 0 Å². The van der Waals surface area contributed by atoms with E-state index in [-0.39, 0.29) is 17.6 Å². The van der Waals surface area contributed by atoms with Gasteiger partial charge in [-0.25, -0.2) is 8.78 Å². The van der Waals surface area contributed by atoms with Crippen molar-refractivity contribution in [2.75, 3.05) is 11.4 Å². The lowest BCUT2D eigenvalue weighted by atomic mass is 9.87. The van der Waals surface area contributed by atoms with Gasteiger partial charge in [-0.2, -0.15) is 0 Å². The van der Waals surface area contributed by atoms with Gasteiger partial charge in [0.1, 0.15) is 0 Å². The summed E-state index contributed by atoms with van der Waals surface area (Å²) in [6.07, 6.45) is 4.62. The van der Waals surface area contributed by atoms with Crippen LogP contribution in [0, 0.1) is 23.5 Å². The Balaban J connectivity index is 1.96. The molecule has 3 nitrogen and oxygen atoms in total. The van der Waals surface area contributed by atoms with Crippen LogP contribution in [0.1, 0.15) is 32.1 Å². The molecule has 3 rings (SSSR count). The Hall–Kier alpha value is -1.65. The van der Waals surface area contributed by atoms with Crippen LogP contribution in [-0.4, -0.2) is 23.7 Å². The van der Waals surface area contributed by atoms with E-state index in [0.717, 1.165) is 31.7 Å². The molecule has 114 valence electrons. The molecular formula is C16H19F2NO2. The molecular weight excluding hydrogens is 276 g/mol. The summed E-state index contributed by atoms with van der Waals surface area (Å²) in [7, 11) is 0. The van der Waals surface area contributed by atoms with E-state index >= 15 is 0 Å². The van der Waals surface area contributed by atoms with Gasteiger partial charge in [-0.15, -0.1) is 0 Å². The monoisotopic (exact) mass is 295 g/mol. The molecule has 1 N–H and O–H groups in total. The first-order valence-corrected chi connectivity index (χ1v) is 7.53. The lowest BCUT2D eigenvalue weighted by Crippen LogP contribution is -2.41. The second-order valence-corrected chi connectivity index (χ2v) is 6.03. The van der Waals surface area contributed by atoms with Crippen molar-refractivity contribution >= 4 is 11.7 Å². The van der Waals surface area contributed by atoms with E-state index in [1.807, 2.05) is 0 Å². The minimum absolute atomic E-state index is 0.204. The standard InChI is InChI=1S/C16H19F2NO2/c17-12-6-3-7-13(14(12)18)19-9-8-11(16(20)21)15(19)10-4-1-2-5-10/h3,6-7,10-11,15H,1-2,4-5,8-9H2,(H,20,21). The fourth-order valence-corrected chi connectivity index (χ4v) is 3.96. The Kier molecular flexibility index (Phi) is 3.83. The molecule has 1 aliphatic carbocycles. The number of benzene rings is 1. The van der Waals surface area contributed by atoms with Gasteiger partial charge in [-0.3, -0.25) is 4.79 Å². The maximum absolute atomic E-state index is 14.1. The van der Waals surface area contributed by atoms with E-state index in [1.165, 1.54) is 6.07 Å². The van der Waals surface area contributed by atoms with E-state index < -0.39 is 23.5 Å². The quantitative estimate of drug-likeness (QED) is 0.928. The van der Waals surface area contributed by atoms with Gasteiger partial charge in [-0.05, 0) is 37.3 Å². The molecule has 0 radical (unpaired) electrons. The van der Waals surface area contributed by atoms with Crippen LogP contribution in [0.5, 0.6) is 0 Å². The van der Waals surface area contributed by atoms with E-state index in [9.17, 15) is 18.7 Å². The molecule has 1 saturated heterocycles. The van der Waals surface area contributed by atoms with Gasteiger partial charge in [0, 0.05) is 12.6 Å². The van der Waals surface area contributed by atoms with Crippen LogP contribution in [0.4, 0.5) is 14.5 Å². The number of carboxylic acid groups (broad SMARTS) is 1. The first-order chi connectivity index (χ1) is 10.1. The normalized spacial score (nSPS) is 26.5. The van der Waals surface area contributed by atoms with Crippen LogP contribution in [0.25, 0.3) is 0 Å². The zero-order valence-electron chi connectivity index (χ0n) is 11.8. The van der Waals surface area contributed by atoms with Crippen molar-refractivity contribution in [2.24, 2.45) is 11.8 Å². The van der Waals surface area contributed by atoms with Crippen molar-refractivity contribution in [2.45, 2.75) is 38.1 Å². The smallest absolute Gasteiger partial charge is 0.308 e. The number of nitrogens with zero attached hydrogens (tertiary/aromatic N) is 1. The summed E-state index contributed by atoms with van der Waals surface area (Å²) in [6, 6.07) is 3.90. The van der Waals surface area contributed by atoms with E-state index in [4.69, 9.17) is 0 Å². The highest BCUT2D eigenvalue weighted by molar-refractivity contribution is 5.73. The van der Waals surface area contributed by atoms with Gasteiger partial charge >= 0.3 is 5.97 Å². The molecule has 1 aromatic rings. The third-order valence-corrected chi connectivity index (χ3v) is 4.89. The molecule has 2 atom stereocenters. The summed E-state index contributed by atoms with van der Waals surface area (Å²) in [6.45, 7) is 0.471. The number of carbonyl (C=O) groups is 1. The highest BCUT2D eigenvalue weighted by atomic mass is 19.2. The van der Waals surface area contributed by atoms with Crippen LogP contribution in [0.15, 0.2) is 18.2 Å². The summed E-state index contributed by atoms with van der Waals surface area (Å²) in [5.74, 6) is -2.80. The molecule has 21 heavy (non-hydrogen) atoms. The van der Waals surface area contributed by atoms with Crippen molar-refractivity contribution in [3.8, 4) is 0 Å². The van der Waals surface area contributed by atoms with Crippen LogP contribution in [-0.2, 0) is 4.79 Å². The fraction of sp³-hybridized carbons (Fsp3) is 0.562. The van der Waals surface area contributed by atoms with Crippen LogP contribution < -0.4 is 4.90 Å². The van der Waals surface area contributed by atoms with Gasteiger partial charge < -0.3 is 10.0 Å². The molecule has 2 unspecified atom stereocenters. The second-order valence-electron chi connectivity index (χ2n) is 6.03. The lowest BCUT2D eigenvalue weighted by Gasteiger charge is -2.33. The second kappa shape index (κ2) is 5.62. The van der Waals surface area contributed by atoms with Crippen molar-refractivity contribution in [3.05, 3.63) is 29.8 Å². The van der Waals surface area contributed by atoms with Crippen molar-refractivity contribution < 1.29 is 18.7 Å². The summed E-state index contributed by atoms with van der Waals surface area (Å²) < 4.78 is 27.6. The van der Waals surface area contributed by atoms with E-state index in [1.54, 1.807) is 11.0 Å². The summed E-state index contributed by atoms with van der Waals surface area (Å²) in [5, 5.41) is 9.44. The lowest BCUT2D eigenvalue weighted by molar-refractivity contribution is -0.142. The van der Waals surface area contributed by atoms with Gasteiger partial charge in [-0.1, -0.05) is 18.9 Å². The number of anilines is 1. The fourth-order valence-electron chi connectivity index (χ4n) is 3.96. The van der Waals surface area contributed by atoms with Crippen LogP contribution in [0.3, 0.4) is 0 Å². The Labute approximate surface area is 122 Å². The van der Waals surface area contributed by atoms with E-state index in [2.05, 4.69) is 0 Å². The van der Waals surface area contributed by atoms with Gasteiger partial charge in [0.25, 0.3) is 0 Å². The molecule has 0 spiro atoms. The molecule has 0 amide bonds. The largest absolute Gasteiger partial charge is 0.481 e. The topological polar surface area (TPSA) is 40.5 Å². The third kappa shape index (κ3) is 2.49. The zero-order chi connectivity index (χ0) is 15.0. The molecule has 1 heterocycles. The molecule has 5 heteroatoms. The average molecular weight is 295 g/mol. The number of carboxylic acids is 1. The average Bonchev–Trinajstić information content (AvgIpc) is 3.09. The number of aliphatic carboxylic acids is 1. The van der Waals surface area contributed by atoms with Gasteiger partial charge in [0.05, 0.1) is 11.6 Å². The molecule has 0 bridgehead atoms. The summed E-state index contributed by atoms with van der Waals surface area (Å²) in [5.41, 5.74) is 0.204. The zero-order valence-corrected chi connectivity index (χ0v) is 11.8. The highest BCUT2D eigenvalue weighted by Crippen LogP contribution is 2.41. The maximum Gasteiger partial charge on any atom is 0.308 e. The van der Waals surface area contributed by atoms with Crippen LogP contribution >= 0.6 is 0 Å². The molecule has 2 aliphatic rings. The Morgan fingerprint density at radius 2 is 1.90 bits per heavy atom. The van der Waals surface area contributed by atoms with Crippen molar-refractivity contribution in [1.82, 2.24) is 0 Å². The van der Waals surface area contributed by atoms with Gasteiger partial charge in [0.2, 0.25) is 0 Å². The third-order valence-electron chi connectivity index (χ3n) is 4.89. The maximum atomic E-state index is 14.1. The molecule has 1 aromatic carbocycles. The summed E-state index contributed by atoms with van der Waals surface area (Å²) >= 11 is 0. The molecule has 1 saturated carbocycles. The predicted molar refractivity (Wildman–Crippen MR) is 75.2 cm³/mol. The number of rotatable bonds is 3. The minimum Gasteiger partial charge on any atom is -0.481 e. The summed E-state index contributed by atoms with van der Waals surface area (Å²) in [4.78, 5) is 13.3. The van der Waals surface area contributed by atoms with Gasteiger partial charge in [0.15, 0.2) is 11.6 Å². The first-order valence-electron chi connectivity index (χ1n) is 7.53. The van der Waals surface area contributed by atoms with E-state index in [0.29, 0.717) is 13.0 Å². The first kappa shape index (κ1) is 14.3.